The van der Waals surface area contributed by atoms with Gasteiger partial charge in [0.05, 0.1) is 12.2 Å². The number of benzene rings is 2. The summed E-state index contributed by atoms with van der Waals surface area (Å²) >= 11 is 0. The molecule has 0 radical (unpaired) electrons. The van der Waals surface area contributed by atoms with Crippen molar-refractivity contribution in [3.05, 3.63) is 65.7 Å². The Kier molecular flexibility index (Phi) is 5.35. The first-order valence-corrected chi connectivity index (χ1v) is 6.98. The molecule has 2 rings (SSSR count). The van der Waals surface area contributed by atoms with Gasteiger partial charge in [-0.05, 0) is 31.5 Å². The van der Waals surface area contributed by atoms with Gasteiger partial charge in [-0.3, -0.25) is 9.63 Å². The third-order valence-corrected chi connectivity index (χ3v) is 2.86. The van der Waals surface area contributed by atoms with Gasteiger partial charge >= 0.3 is 0 Å². The van der Waals surface area contributed by atoms with E-state index in [0.717, 1.165) is 11.3 Å². The molecule has 0 heterocycles. The Hall–Kier alpha value is -2.33. The number of carbonyl (C=O) groups excluding carboxylic acids is 1. The van der Waals surface area contributed by atoms with Gasteiger partial charge in [0.25, 0.3) is 5.91 Å². The van der Waals surface area contributed by atoms with E-state index in [1.807, 2.05) is 62.4 Å². The Morgan fingerprint density at radius 3 is 2.43 bits per heavy atom. The summed E-state index contributed by atoms with van der Waals surface area (Å²) in [6, 6.07) is 17.3. The molecule has 0 aliphatic heterocycles. The molecule has 0 aliphatic rings. The maximum Gasteiger partial charge on any atom is 0.276 e. The van der Waals surface area contributed by atoms with Crippen molar-refractivity contribution in [1.29, 1.82) is 0 Å². The van der Waals surface area contributed by atoms with Gasteiger partial charge in [0, 0.05) is 11.7 Å². The lowest BCUT2D eigenvalue weighted by Gasteiger charge is -2.14. The van der Waals surface area contributed by atoms with Crippen LogP contribution < -0.4 is 10.8 Å². The monoisotopic (exact) mass is 284 g/mol. The lowest BCUT2D eigenvalue weighted by atomic mass is 10.1. The van der Waals surface area contributed by atoms with E-state index >= 15 is 0 Å². The zero-order valence-corrected chi connectivity index (χ0v) is 12.3. The molecule has 0 aliphatic carbocycles. The number of hydrogen-bond donors (Lipinski definition) is 2. The van der Waals surface area contributed by atoms with E-state index in [2.05, 4.69) is 10.8 Å². The van der Waals surface area contributed by atoms with Crippen LogP contribution in [0.15, 0.2) is 54.6 Å². The first-order chi connectivity index (χ1) is 10.2. The summed E-state index contributed by atoms with van der Waals surface area (Å²) in [6.45, 7) is 4.40. The quantitative estimate of drug-likeness (QED) is 0.800. The Labute approximate surface area is 125 Å². The van der Waals surface area contributed by atoms with E-state index in [9.17, 15) is 4.79 Å². The number of carbonyl (C=O) groups is 1. The largest absolute Gasteiger partial charge is 0.382 e. The van der Waals surface area contributed by atoms with Crippen molar-refractivity contribution < 1.29 is 9.63 Å². The SMILES string of the molecule is CC(C)Nc1ccccc1C(=O)NOCc1ccccc1. The summed E-state index contributed by atoms with van der Waals surface area (Å²) in [5.41, 5.74) is 4.86. The molecule has 0 saturated heterocycles. The Bertz CT molecular complexity index is 582. The van der Waals surface area contributed by atoms with Crippen LogP contribution in [-0.4, -0.2) is 11.9 Å². The summed E-state index contributed by atoms with van der Waals surface area (Å²) < 4.78 is 0. The minimum atomic E-state index is -0.255. The normalized spacial score (nSPS) is 10.4. The molecule has 4 nitrogen and oxygen atoms in total. The van der Waals surface area contributed by atoms with Gasteiger partial charge in [0.1, 0.15) is 0 Å². The van der Waals surface area contributed by atoms with Gasteiger partial charge < -0.3 is 5.32 Å². The summed E-state index contributed by atoms with van der Waals surface area (Å²) in [7, 11) is 0. The third-order valence-electron chi connectivity index (χ3n) is 2.86. The van der Waals surface area contributed by atoms with Crippen molar-refractivity contribution in [1.82, 2.24) is 5.48 Å². The van der Waals surface area contributed by atoms with E-state index in [-0.39, 0.29) is 11.9 Å². The fourth-order valence-corrected chi connectivity index (χ4v) is 1.93. The minimum absolute atomic E-state index is 0.254. The maximum atomic E-state index is 12.2. The molecule has 2 N–H and O–H groups in total. The third kappa shape index (κ3) is 4.61. The molecule has 0 saturated carbocycles. The number of nitrogens with one attached hydrogen (secondary N) is 2. The molecule has 0 aromatic heterocycles. The summed E-state index contributed by atoms with van der Waals surface area (Å²) in [5, 5.41) is 3.25. The van der Waals surface area contributed by atoms with E-state index in [0.29, 0.717) is 12.2 Å². The lowest BCUT2D eigenvalue weighted by Crippen LogP contribution is -2.25. The summed E-state index contributed by atoms with van der Waals surface area (Å²) in [5.74, 6) is -0.255. The first-order valence-electron chi connectivity index (χ1n) is 6.98. The Morgan fingerprint density at radius 1 is 1.05 bits per heavy atom. The number of anilines is 1. The highest BCUT2D eigenvalue weighted by Crippen LogP contribution is 2.16. The van der Waals surface area contributed by atoms with Crippen molar-refractivity contribution in [2.24, 2.45) is 0 Å². The second-order valence-electron chi connectivity index (χ2n) is 5.05. The number of para-hydroxylation sites is 1. The van der Waals surface area contributed by atoms with Crippen LogP contribution in [0.4, 0.5) is 5.69 Å². The first kappa shape index (κ1) is 15.1. The average Bonchev–Trinajstić information content (AvgIpc) is 2.48. The van der Waals surface area contributed by atoms with E-state index in [1.54, 1.807) is 6.07 Å². The van der Waals surface area contributed by atoms with Gasteiger partial charge in [-0.25, -0.2) is 5.48 Å². The van der Waals surface area contributed by atoms with Crippen molar-refractivity contribution >= 4 is 11.6 Å². The van der Waals surface area contributed by atoms with Crippen LogP contribution in [0, 0.1) is 0 Å². The average molecular weight is 284 g/mol. The van der Waals surface area contributed by atoms with Crippen LogP contribution in [0.5, 0.6) is 0 Å². The van der Waals surface area contributed by atoms with Gasteiger partial charge in [-0.15, -0.1) is 0 Å². The minimum Gasteiger partial charge on any atom is -0.382 e. The molecular weight excluding hydrogens is 264 g/mol. The Balaban J connectivity index is 1.94. The number of hydrogen-bond acceptors (Lipinski definition) is 3. The predicted octanol–water partition coefficient (Wildman–Crippen LogP) is 3.37. The molecule has 4 heteroatoms. The maximum absolute atomic E-state index is 12.2. The molecule has 2 aromatic rings. The molecule has 1 amide bonds. The van der Waals surface area contributed by atoms with Crippen LogP contribution >= 0.6 is 0 Å². The van der Waals surface area contributed by atoms with Crippen molar-refractivity contribution in [3.8, 4) is 0 Å². The molecule has 110 valence electrons. The number of amides is 1. The summed E-state index contributed by atoms with van der Waals surface area (Å²) in [4.78, 5) is 17.4. The molecule has 0 fully saturated rings. The van der Waals surface area contributed by atoms with Crippen molar-refractivity contribution in [3.63, 3.8) is 0 Å². The van der Waals surface area contributed by atoms with Gasteiger partial charge in [0.15, 0.2) is 0 Å². The molecule has 2 aromatic carbocycles. The molecule has 21 heavy (non-hydrogen) atoms. The van der Waals surface area contributed by atoms with Crippen molar-refractivity contribution in [2.45, 2.75) is 26.5 Å². The highest BCUT2D eigenvalue weighted by Gasteiger charge is 2.11. The van der Waals surface area contributed by atoms with Gasteiger partial charge in [-0.2, -0.15) is 0 Å². The molecule has 0 unspecified atom stereocenters. The lowest BCUT2D eigenvalue weighted by molar-refractivity contribution is 0.0234. The second-order valence-corrected chi connectivity index (χ2v) is 5.05. The molecule has 0 bridgehead atoms. The summed E-state index contributed by atoms with van der Waals surface area (Å²) in [6.07, 6.45) is 0. The zero-order valence-electron chi connectivity index (χ0n) is 12.3. The topological polar surface area (TPSA) is 50.4 Å². The smallest absolute Gasteiger partial charge is 0.276 e. The van der Waals surface area contributed by atoms with Crippen LogP contribution in [-0.2, 0) is 11.4 Å². The predicted molar refractivity (Wildman–Crippen MR) is 83.9 cm³/mol. The second kappa shape index (κ2) is 7.45. The van der Waals surface area contributed by atoms with Crippen LogP contribution in [0.1, 0.15) is 29.8 Å². The number of hydroxylamine groups is 1. The van der Waals surface area contributed by atoms with Gasteiger partial charge in [-0.1, -0.05) is 42.5 Å². The van der Waals surface area contributed by atoms with Crippen LogP contribution in [0.25, 0.3) is 0 Å². The Morgan fingerprint density at radius 2 is 1.71 bits per heavy atom. The standard InChI is InChI=1S/C17H20N2O2/c1-13(2)18-16-11-7-6-10-15(16)17(20)19-21-12-14-8-4-3-5-9-14/h3-11,13,18H,12H2,1-2H3,(H,19,20). The fraction of sp³-hybridized carbons (Fsp3) is 0.235. The van der Waals surface area contributed by atoms with Crippen LogP contribution in [0.3, 0.4) is 0 Å². The van der Waals surface area contributed by atoms with E-state index < -0.39 is 0 Å². The molecule has 0 atom stereocenters. The van der Waals surface area contributed by atoms with E-state index in [4.69, 9.17) is 4.84 Å². The highest BCUT2D eigenvalue weighted by molar-refractivity contribution is 5.99. The fourth-order valence-electron chi connectivity index (χ4n) is 1.93. The number of rotatable bonds is 6. The van der Waals surface area contributed by atoms with Gasteiger partial charge in [0.2, 0.25) is 0 Å². The van der Waals surface area contributed by atoms with E-state index in [1.165, 1.54) is 0 Å². The zero-order chi connectivity index (χ0) is 15.1. The van der Waals surface area contributed by atoms with Crippen molar-refractivity contribution in [2.75, 3.05) is 5.32 Å². The van der Waals surface area contributed by atoms with Crippen LogP contribution in [0.2, 0.25) is 0 Å². The highest BCUT2D eigenvalue weighted by atomic mass is 16.6. The molecular formula is C17H20N2O2. The molecule has 0 spiro atoms.